The third kappa shape index (κ3) is 2.95. The predicted octanol–water partition coefficient (Wildman–Crippen LogP) is 2.88. The number of aliphatic hydroxyl groups is 1. The number of hydrogen-bond acceptors (Lipinski definition) is 3. The van der Waals surface area contributed by atoms with Gasteiger partial charge in [0.05, 0.1) is 18.8 Å². The Balaban J connectivity index is 2.12. The molecule has 0 radical (unpaired) electrons. The lowest BCUT2D eigenvalue weighted by Gasteiger charge is -2.33. The molecule has 0 aromatic carbocycles. The Bertz CT molecular complexity index is 335. The molecule has 1 N–H and O–H groups in total. The highest BCUT2D eigenvalue weighted by molar-refractivity contribution is 5.10. The summed E-state index contributed by atoms with van der Waals surface area (Å²) in [5, 5.41) is 9.44. The van der Waals surface area contributed by atoms with Gasteiger partial charge < -0.3 is 14.6 Å². The molecule has 18 heavy (non-hydrogen) atoms. The van der Waals surface area contributed by atoms with E-state index >= 15 is 0 Å². The molecule has 0 unspecified atom stereocenters. The van der Waals surface area contributed by atoms with Crippen LogP contribution in [0, 0.1) is 11.8 Å². The second-order valence-electron chi connectivity index (χ2n) is 6.54. The van der Waals surface area contributed by atoms with Crippen LogP contribution in [0.2, 0.25) is 0 Å². The van der Waals surface area contributed by atoms with Gasteiger partial charge in [0, 0.05) is 0 Å². The van der Waals surface area contributed by atoms with Gasteiger partial charge in [0.15, 0.2) is 5.79 Å². The van der Waals surface area contributed by atoms with E-state index in [1.807, 2.05) is 13.8 Å². The van der Waals surface area contributed by atoms with Crippen LogP contribution in [0.5, 0.6) is 0 Å². The zero-order valence-electron chi connectivity index (χ0n) is 12.0. The second-order valence-corrected chi connectivity index (χ2v) is 6.54. The lowest BCUT2D eigenvalue weighted by Crippen LogP contribution is -2.39. The molecule has 0 saturated carbocycles. The van der Waals surface area contributed by atoms with Crippen molar-refractivity contribution in [2.45, 2.75) is 58.3 Å². The smallest absolute Gasteiger partial charge is 0.163 e. The molecule has 2 aliphatic rings. The molecule has 104 valence electrons. The highest BCUT2D eigenvalue weighted by atomic mass is 16.8. The largest absolute Gasteiger partial charge is 0.392 e. The van der Waals surface area contributed by atoms with E-state index in [2.05, 4.69) is 19.9 Å². The van der Waals surface area contributed by atoms with Gasteiger partial charge in [-0.15, -0.1) is 0 Å². The van der Waals surface area contributed by atoms with Crippen molar-refractivity contribution in [1.82, 2.24) is 0 Å². The summed E-state index contributed by atoms with van der Waals surface area (Å²) in [6, 6.07) is 0. The minimum atomic E-state index is -0.476. The van der Waals surface area contributed by atoms with Gasteiger partial charge in [-0.3, -0.25) is 0 Å². The van der Waals surface area contributed by atoms with Crippen LogP contribution >= 0.6 is 0 Å². The van der Waals surface area contributed by atoms with E-state index in [9.17, 15) is 5.11 Å². The molecule has 1 aliphatic heterocycles. The monoisotopic (exact) mass is 254 g/mol. The van der Waals surface area contributed by atoms with E-state index in [1.165, 1.54) is 0 Å². The Labute approximate surface area is 110 Å². The fraction of sp³-hybridized carbons (Fsp3) is 0.867. The summed E-state index contributed by atoms with van der Waals surface area (Å²) in [6.07, 6.45) is 5.45. The van der Waals surface area contributed by atoms with Gasteiger partial charge in [0.1, 0.15) is 0 Å². The lowest BCUT2D eigenvalue weighted by atomic mass is 9.82. The first kappa shape index (κ1) is 14.0. The minimum Gasteiger partial charge on any atom is -0.392 e. The second kappa shape index (κ2) is 4.95. The van der Waals surface area contributed by atoms with Crippen LogP contribution in [0.25, 0.3) is 0 Å². The van der Waals surface area contributed by atoms with Crippen molar-refractivity contribution in [1.29, 1.82) is 0 Å². The number of aliphatic hydroxyl groups excluding tert-OH is 1. The molecular weight excluding hydrogens is 228 g/mol. The van der Waals surface area contributed by atoms with E-state index in [0.29, 0.717) is 18.4 Å². The van der Waals surface area contributed by atoms with Crippen molar-refractivity contribution in [3.63, 3.8) is 0 Å². The molecule has 0 amide bonds. The van der Waals surface area contributed by atoms with Crippen LogP contribution in [0.15, 0.2) is 11.6 Å². The number of ether oxygens (including phenoxy) is 2. The maximum atomic E-state index is 9.44. The standard InChI is InChI=1S/C15H26O3/c1-11-5-6-13(8-12(7-11)9-16)15(4)10-17-14(2,3)18-15/h7,11,13,16H,5-6,8-10H2,1-4H3/t11-,13+,15+/m0/s1. The third-order valence-corrected chi connectivity index (χ3v) is 4.25. The highest BCUT2D eigenvalue weighted by Crippen LogP contribution is 2.42. The van der Waals surface area contributed by atoms with Crippen LogP contribution in [0.1, 0.15) is 47.0 Å². The molecule has 0 spiro atoms. The first-order valence-electron chi connectivity index (χ1n) is 6.99. The molecule has 0 aromatic heterocycles. The number of allylic oxidation sites excluding steroid dienone is 1. The SMILES string of the molecule is C[C@@H]1C=C(CO)C[C@H]([C@@]2(C)COC(C)(C)O2)CC1. The van der Waals surface area contributed by atoms with Gasteiger partial charge in [-0.25, -0.2) is 0 Å². The Kier molecular flexibility index (Phi) is 3.86. The molecule has 2 rings (SSSR count). The molecule has 1 fully saturated rings. The van der Waals surface area contributed by atoms with E-state index in [4.69, 9.17) is 9.47 Å². The third-order valence-electron chi connectivity index (χ3n) is 4.25. The maximum absolute atomic E-state index is 9.44. The van der Waals surface area contributed by atoms with Gasteiger partial charge in [-0.2, -0.15) is 0 Å². The Morgan fingerprint density at radius 3 is 2.61 bits per heavy atom. The van der Waals surface area contributed by atoms with Crippen molar-refractivity contribution < 1.29 is 14.6 Å². The quantitative estimate of drug-likeness (QED) is 0.770. The minimum absolute atomic E-state index is 0.168. The predicted molar refractivity (Wildman–Crippen MR) is 71.2 cm³/mol. The van der Waals surface area contributed by atoms with Crippen molar-refractivity contribution in [2.75, 3.05) is 13.2 Å². The molecule has 3 nitrogen and oxygen atoms in total. The van der Waals surface area contributed by atoms with Gasteiger partial charge in [0.2, 0.25) is 0 Å². The Hall–Kier alpha value is -0.380. The van der Waals surface area contributed by atoms with Gasteiger partial charge >= 0.3 is 0 Å². The van der Waals surface area contributed by atoms with Crippen LogP contribution in [-0.2, 0) is 9.47 Å². The van der Waals surface area contributed by atoms with Crippen molar-refractivity contribution in [3.05, 3.63) is 11.6 Å². The topological polar surface area (TPSA) is 38.7 Å². The molecule has 1 aliphatic carbocycles. The molecule has 0 aromatic rings. The maximum Gasteiger partial charge on any atom is 0.163 e. The molecular formula is C15H26O3. The highest BCUT2D eigenvalue weighted by Gasteiger charge is 2.47. The summed E-state index contributed by atoms with van der Waals surface area (Å²) in [7, 11) is 0. The lowest BCUT2D eigenvalue weighted by molar-refractivity contribution is -0.169. The summed E-state index contributed by atoms with van der Waals surface area (Å²) in [4.78, 5) is 0. The first-order chi connectivity index (χ1) is 8.35. The number of hydrogen-bond donors (Lipinski definition) is 1. The van der Waals surface area contributed by atoms with E-state index in [0.717, 1.165) is 24.8 Å². The molecule has 1 saturated heterocycles. The van der Waals surface area contributed by atoms with Crippen LogP contribution in [0.3, 0.4) is 0 Å². The van der Waals surface area contributed by atoms with E-state index < -0.39 is 5.79 Å². The average molecular weight is 254 g/mol. The van der Waals surface area contributed by atoms with Crippen molar-refractivity contribution >= 4 is 0 Å². The van der Waals surface area contributed by atoms with Crippen LogP contribution in [0.4, 0.5) is 0 Å². The van der Waals surface area contributed by atoms with Gasteiger partial charge in [0.25, 0.3) is 0 Å². The zero-order valence-corrected chi connectivity index (χ0v) is 12.0. The molecule has 0 bridgehead atoms. The average Bonchev–Trinajstić information content (AvgIpc) is 2.48. The van der Waals surface area contributed by atoms with Crippen LogP contribution in [-0.4, -0.2) is 29.7 Å². The van der Waals surface area contributed by atoms with Crippen molar-refractivity contribution in [2.24, 2.45) is 11.8 Å². The zero-order chi connectivity index (χ0) is 13.4. The summed E-state index contributed by atoms with van der Waals surface area (Å²) >= 11 is 0. The fourth-order valence-corrected chi connectivity index (χ4v) is 3.21. The molecule has 3 atom stereocenters. The number of rotatable bonds is 2. The fourth-order valence-electron chi connectivity index (χ4n) is 3.21. The van der Waals surface area contributed by atoms with E-state index in [1.54, 1.807) is 0 Å². The van der Waals surface area contributed by atoms with Gasteiger partial charge in [-0.05, 0) is 57.4 Å². The summed E-state index contributed by atoms with van der Waals surface area (Å²) < 4.78 is 11.9. The molecule has 1 heterocycles. The Morgan fingerprint density at radius 2 is 2.06 bits per heavy atom. The summed E-state index contributed by atoms with van der Waals surface area (Å²) in [6.45, 7) is 9.13. The van der Waals surface area contributed by atoms with E-state index in [-0.39, 0.29) is 12.2 Å². The first-order valence-corrected chi connectivity index (χ1v) is 6.99. The Morgan fingerprint density at radius 1 is 1.33 bits per heavy atom. The normalized spacial score (nSPS) is 40.4. The summed E-state index contributed by atoms with van der Waals surface area (Å²) in [5.74, 6) is 0.508. The summed E-state index contributed by atoms with van der Waals surface area (Å²) in [5.41, 5.74) is 0.932. The molecule has 3 heteroatoms. The van der Waals surface area contributed by atoms with Gasteiger partial charge in [-0.1, -0.05) is 13.0 Å². The van der Waals surface area contributed by atoms with Crippen molar-refractivity contribution in [3.8, 4) is 0 Å². The van der Waals surface area contributed by atoms with Crippen LogP contribution < -0.4 is 0 Å².